The average molecular weight is 552 g/mol. The van der Waals surface area contributed by atoms with Crippen LogP contribution in [0.2, 0.25) is 0 Å². The summed E-state index contributed by atoms with van der Waals surface area (Å²) in [5, 5.41) is 12.4. The number of rotatable bonds is 6. The third kappa shape index (κ3) is 5.28. The molecule has 0 aliphatic carbocycles. The van der Waals surface area contributed by atoms with Crippen molar-refractivity contribution in [3.05, 3.63) is 65.3 Å². The van der Waals surface area contributed by atoms with E-state index in [0.29, 0.717) is 4.68 Å². The molecule has 0 atom stereocenters. The van der Waals surface area contributed by atoms with Gasteiger partial charge < -0.3 is 5.32 Å². The first-order valence-electron chi connectivity index (χ1n) is 10.4. The van der Waals surface area contributed by atoms with Crippen molar-refractivity contribution in [1.29, 1.82) is 0 Å². The van der Waals surface area contributed by atoms with Crippen molar-refractivity contribution in [2.75, 3.05) is 5.32 Å². The van der Waals surface area contributed by atoms with Crippen molar-refractivity contribution in [3.63, 3.8) is 0 Å². The Morgan fingerprint density at radius 3 is 2.24 bits per heavy atom. The van der Waals surface area contributed by atoms with Gasteiger partial charge in [0, 0.05) is 18.3 Å². The van der Waals surface area contributed by atoms with Crippen LogP contribution >= 0.6 is 0 Å². The minimum Gasteiger partial charge on any atom is -0.322 e. The molecular formula is C22H17F9N6O. The summed E-state index contributed by atoms with van der Waals surface area (Å²) in [6.45, 7) is 2.83. The Morgan fingerprint density at radius 1 is 1.03 bits per heavy atom. The van der Waals surface area contributed by atoms with Crippen LogP contribution in [-0.4, -0.2) is 36.9 Å². The highest BCUT2D eigenvalue weighted by atomic mass is 19.4. The predicted molar refractivity (Wildman–Crippen MR) is 116 cm³/mol. The number of carbonyl (C=O) groups is 1. The molecule has 38 heavy (non-hydrogen) atoms. The first-order valence-corrected chi connectivity index (χ1v) is 10.4. The van der Waals surface area contributed by atoms with Gasteiger partial charge in [-0.2, -0.15) is 40.2 Å². The summed E-state index contributed by atoms with van der Waals surface area (Å²) in [7, 11) is 0.737. The monoisotopic (exact) mass is 552 g/mol. The quantitative estimate of drug-likeness (QED) is 0.228. The van der Waals surface area contributed by atoms with Crippen molar-refractivity contribution in [2.24, 2.45) is 7.05 Å². The second-order valence-electron chi connectivity index (χ2n) is 7.66. The molecule has 1 aromatic carbocycles. The van der Waals surface area contributed by atoms with Crippen LogP contribution in [0.1, 0.15) is 25.1 Å². The highest BCUT2D eigenvalue weighted by molar-refractivity contribution is 6.06. The highest BCUT2D eigenvalue weighted by Gasteiger charge is 2.64. The van der Waals surface area contributed by atoms with Crippen LogP contribution in [0.3, 0.4) is 0 Å². The van der Waals surface area contributed by atoms with E-state index in [1.165, 1.54) is 44.2 Å². The van der Waals surface area contributed by atoms with E-state index in [2.05, 4.69) is 20.7 Å². The zero-order chi connectivity index (χ0) is 28.6. The number of hydrogen-bond acceptors (Lipinski definition) is 4. The number of nitrogens with zero attached hydrogens (tertiary/aromatic N) is 5. The van der Waals surface area contributed by atoms with Crippen molar-refractivity contribution in [2.45, 2.75) is 32.1 Å². The molecule has 0 aliphatic heterocycles. The maximum absolute atomic E-state index is 13.9. The number of alkyl halides is 8. The van der Waals surface area contributed by atoms with Gasteiger partial charge in [0.1, 0.15) is 17.1 Å². The number of hydrogen-bond donors (Lipinski definition) is 1. The molecule has 204 valence electrons. The van der Waals surface area contributed by atoms with E-state index in [0.717, 1.165) is 19.3 Å². The summed E-state index contributed by atoms with van der Waals surface area (Å²) in [6, 6.07) is 5.55. The van der Waals surface area contributed by atoms with Crippen LogP contribution < -0.4 is 5.32 Å². The molecule has 0 aliphatic rings. The number of aromatic nitrogens is 5. The summed E-state index contributed by atoms with van der Waals surface area (Å²) in [6.07, 6.45) is -8.86. The van der Waals surface area contributed by atoms with E-state index in [-0.39, 0.29) is 27.2 Å². The lowest BCUT2D eigenvalue weighted by molar-refractivity contribution is -0.292. The zero-order valence-corrected chi connectivity index (χ0v) is 19.6. The van der Waals surface area contributed by atoms with Crippen molar-refractivity contribution in [3.8, 4) is 17.1 Å². The van der Waals surface area contributed by atoms with E-state index < -0.39 is 47.1 Å². The van der Waals surface area contributed by atoms with E-state index in [1.807, 2.05) is 0 Å². The molecule has 16 heteroatoms. The van der Waals surface area contributed by atoms with Gasteiger partial charge in [-0.15, -0.1) is 5.10 Å². The van der Waals surface area contributed by atoms with Gasteiger partial charge in [0.2, 0.25) is 0 Å². The van der Waals surface area contributed by atoms with Crippen LogP contribution in [0.5, 0.6) is 0 Å². The topological polar surface area (TPSA) is 77.6 Å². The fourth-order valence-corrected chi connectivity index (χ4v) is 3.38. The summed E-state index contributed by atoms with van der Waals surface area (Å²) >= 11 is 0. The lowest BCUT2D eigenvalue weighted by atomic mass is 10.1. The summed E-state index contributed by atoms with van der Waals surface area (Å²) in [5.74, 6) is -8.73. The molecule has 0 saturated heterocycles. The number of aryl methyl sites for hydroxylation is 1. The van der Waals surface area contributed by atoms with Gasteiger partial charge in [0.25, 0.3) is 5.91 Å². The Bertz CT molecular complexity index is 1410. The third-order valence-corrected chi connectivity index (χ3v) is 5.12. The van der Waals surface area contributed by atoms with Crippen LogP contribution in [0.25, 0.3) is 17.1 Å². The number of carbonyl (C=O) groups excluding carboxylic acids is 1. The molecule has 2 aromatic heterocycles. The molecule has 0 unspecified atom stereocenters. The van der Waals surface area contributed by atoms with E-state index >= 15 is 0 Å². The predicted octanol–water partition coefficient (Wildman–Crippen LogP) is 6.10. The van der Waals surface area contributed by atoms with E-state index in [9.17, 15) is 44.3 Å². The average Bonchev–Trinajstić information content (AvgIpc) is 3.43. The Balaban J connectivity index is 2.04. The number of nitrogens with one attached hydrogen (secondary N) is 1. The number of halogens is 9. The molecule has 3 aromatic rings. The maximum atomic E-state index is 13.9. The molecule has 1 amide bonds. The lowest BCUT2D eigenvalue weighted by Crippen LogP contribution is -2.36. The summed E-state index contributed by atoms with van der Waals surface area (Å²) in [5.41, 5.74) is -4.97. The van der Waals surface area contributed by atoms with Gasteiger partial charge in [-0.3, -0.25) is 4.79 Å². The van der Waals surface area contributed by atoms with Gasteiger partial charge in [-0.05, 0) is 26.0 Å². The molecule has 0 radical (unpaired) electrons. The number of allylic oxidation sites excluding steroid dienone is 2. The minimum absolute atomic E-state index is 0.133. The number of amides is 1. The Labute approximate surface area is 208 Å². The Kier molecular flexibility index (Phi) is 7.48. The summed E-state index contributed by atoms with van der Waals surface area (Å²) in [4.78, 5) is 12.4. The maximum Gasteiger partial charge on any atom is 0.459 e. The molecule has 1 N–H and O–H groups in total. The number of anilines is 1. The normalized spacial score (nSPS) is 13.7. The second-order valence-corrected chi connectivity index (χ2v) is 7.66. The molecule has 2 heterocycles. The standard InChI is InChI=1S/C22H17F9N6O/c1-4-13(14(23)5-2)18(38)32-12-8-6-7-11(9-12)15-10-37(35-33-15)19-16(21(26,27)28)17(34-36(19)3)20(24,25)22(29,30)31/h4-10H,1-3H3,(H,32,38)/b13-4+,14-5+. The van der Waals surface area contributed by atoms with E-state index in [1.54, 1.807) is 0 Å². The fourth-order valence-electron chi connectivity index (χ4n) is 3.38. The van der Waals surface area contributed by atoms with Crippen molar-refractivity contribution < 1.29 is 44.3 Å². The van der Waals surface area contributed by atoms with Crippen LogP contribution in [0.15, 0.2) is 54.0 Å². The van der Waals surface area contributed by atoms with Crippen molar-refractivity contribution in [1.82, 2.24) is 24.8 Å². The summed E-state index contributed by atoms with van der Waals surface area (Å²) < 4.78 is 122. The van der Waals surface area contributed by atoms with Gasteiger partial charge in [0.05, 0.1) is 11.8 Å². The highest BCUT2D eigenvalue weighted by Crippen LogP contribution is 2.49. The van der Waals surface area contributed by atoms with Crippen LogP contribution in [-0.2, 0) is 23.9 Å². The molecule has 3 rings (SSSR count). The second kappa shape index (κ2) is 9.98. The SMILES string of the molecule is C/C=C(C(=O)Nc1cccc(-c2cn(-c3c(C(F)(F)F)c(C(F)(F)C(F)(F)F)nn3C)nn2)c1)\C(F)=C/C. The van der Waals surface area contributed by atoms with Gasteiger partial charge in [-0.1, -0.05) is 29.5 Å². The largest absolute Gasteiger partial charge is 0.459 e. The van der Waals surface area contributed by atoms with Gasteiger partial charge >= 0.3 is 18.3 Å². The third-order valence-electron chi connectivity index (χ3n) is 5.12. The lowest BCUT2D eigenvalue weighted by Gasteiger charge is -2.19. The zero-order valence-electron chi connectivity index (χ0n) is 19.6. The number of benzene rings is 1. The smallest absolute Gasteiger partial charge is 0.322 e. The Hall–Kier alpha value is -4.11. The fraction of sp³-hybridized carbons (Fsp3) is 0.273. The molecule has 0 spiro atoms. The van der Waals surface area contributed by atoms with Crippen LogP contribution in [0, 0.1) is 0 Å². The van der Waals surface area contributed by atoms with Crippen molar-refractivity contribution >= 4 is 11.6 Å². The first-order chi connectivity index (χ1) is 17.5. The molecule has 0 saturated carbocycles. The van der Waals surface area contributed by atoms with E-state index in [4.69, 9.17) is 0 Å². The molecule has 0 fully saturated rings. The van der Waals surface area contributed by atoms with Gasteiger partial charge in [0.15, 0.2) is 11.5 Å². The Morgan fingerprint density at radius 2 is 1.68 bits per heavy atom. The van der Waals surface area contributed by atoms with Gasteiger partial charge in [-0.25, -0.2) is 13.8 Å². The molecule has 0 bridgehead atoms. The first kappa shape index (κ1) is 28.5. The van der Waals surface area contributed by atoms with Crippen LogP contribution in [0.4, 0.5) is 45.2 Å². The minimum atomic E-state index is -6.35. The molecule has 7 nitrogen and oxygen atoms in total. The molecular weight excluding hydrogens is 535 g/mol.